The third-order valence-electron chi connectivity index (χ3n) is 7.55. The van der Waals surface area contributed by atoms with E-state index in [2.05, 4.69) is 31.3 Å². The van der Waals surface area contributed by atoms with E-state index in [9.17, 15) is 4.79 Å². The Bertz CT molecular complexity index is 557. The monoisotopic (exact) mass is 476 g/mol. The SMILES string of the molecule is CCCCCCCCCCCCCCCC/C=C/CCCC1=NCC[N+]1(CC)CCNC(C)=O. The number of carbonyl (C=O) groups is 1. The molecule has 1 aliphatic rings. The molecule has 0 aromatic carbocycles. The van der Waals surface area contributed by atoms with Crippen LogP contribution in [0.15, 0.2) is 17.1 Å². The maximum absolute atomic E-state index is 11.2. The summed E-state index contributed by atoms with van der Waals surface area (Å²) in [4.78, 5) is 16.0. The summed E-state index contributed by atoms with van der Waals surface area (Å²) in [6.45, 7) is 11.0. The molecule has 1 aliphatic heterocycles. The van der Waals surface area contributed by atoms with Gasteiger partial charge in [0.2, 0.25) is 5.91 Å². The van der Waals surface area contributed by atoms with Gasteiger partial charge in [-0.05, 0) is 32.6 Å². The second kappa shape index (κ2) is 21.1. The minimum absolute atomic E-state index is 0.0656. The number of hydrogen-bond donors (Lipinski definition) is 1. The highest BCUT2D eigenvalue weighted by Crippen LogP contribution is 2.19. The van der Waals surface area contributed by atoms with Crippen LogP contribution in [0.2, 0.25) is 0 Å². The van der Waals surface area contributed by atoms with E-state index in [1.165, 1.54) is 109 Å². The number of likely N-dealkylation sites (N-methyl/N-ethyl adjacent to an activating group) is 1. The number of nitrogens with zero attached hydrogens (tertiary/aromatic N) is 2. The summed E-state index contributed by atoms with van der Waals surface area (Å²) in [6, 6.07) is 0. The zero-order valence-corrected chi connectivity index (χ0v) is 23.2. The molecular weight excluding hydrogens is 418 g/mol. The van der Waals surface area contributed by atoms with Crippen molar-refractivity contribution in [3.05, 3.63) is 12.2 Å². The predicted molar refractivity (Wildman–Crippen MR) is 149 cm³/mol. The van der Waals surface area contributed by atoms with Gasteiger partial charge in [0, 0.05) is 13.3 Å². The Balaban J connectivity index is 1.94. The highest BCUT2D eigenvalue weighted by molar-refractivity contribution is 5.77. The Hall–Kier alpha value is -1.16. The van der Waals surface area contributed by atoms with Gasteiger partial charge >= 0.3 is 0 Å². The Morgan fingerprint density at radius 1 is 0.824 bits per heavy atom. The number of aliphatic imine (C=N–C) groups is 1. The number of carbonyl (C=O) groups excluding carboxylic acids is 1. The molecule has 4 heteroatoms. The molecule has 0 saturated carbocycles. The van der Waals surface area contributed by atoms with E-state index in [4.69, 9.17) is 4.99 Å². The summed E-state index contributed by atoms with van der Waals surface area (Å²) in [5.41, 5.74) is 0. The zero-order valence-electron chi connectivity index (χ0n) is 23.2. The number of amidine groups is 1. The summed E-state index contributed by atoms with van der Waals surface area (Å²) >= 11 is 0. The van der Waals surface area contributed by atoms with Gasteiger partial charge in [-0.25, -0.2) is 4.99 Å². The number of quaternary nitrogens is 1. The Kier molecular flexibility index (Phi) is 19.2. The maximum Gasteiger partial charge on any atom is 0.217 e. The highest BCUT2D eigenvalue weighted by atomic mass is 16.1. The molecule has 0 radical (unpaired) electrons. The number of hydrogen-bond acceptors (Lipinski definition) is 2. The fourth-order valence-corrected chi connectivity index (χ4v) is 5.22. The van der Waals surface area contributed by atoms with Crippen LogP contribution in [-0.2, 0) is 4.79 Å². The zero-order chi connectivity index (χ0) is 24.7. The van der Waals surface area contributed by atoms with Gasteiger partial charge in [-0.15, -0.1) is 0 Å². The van der Waals surface area contributed by atoms with Crippen molar-refractivity contribution < 1.29 is 9.28 Å². The lowest BCUT2D eigenvalue weighted by Crippen LogP contribution is -2.54. The lowest BCUT2D eigenvalue weighted by atomic mass is 10.0. The fraction of sp³-hybridized carbons (Fsp3) is 0.867. The molecular formula is C30H58N3O+. The van der Waals surface area contributed by atoms with Crippen LogP contribution in [0.5, 0.6) is 0 Å². The molecule has 198 valence electrons. The molecule has 0 aromatic heterocycles. The number of rotatable bonds is 23. The van der Waals surface area contributed by atoms with Gasteiger partial charge in [0.15, 0.2) is 5.84 Å². The largest absolute Gasteiger partial charge is 0.351 e. The van der Waals surface area contributed by atoms with Crippen LogP contribution in [0.4, 0.5) is 0 Å². The fourth-order valence-electron chi connectivity index (χ4n) is 5.22. The van der Waals surface area contributed by atoms with Crippen LogP contribution in [0.3, 0.4) is 0 Å². The lowest BCUT2D eigenvalue weighted by Gasteiger charge is -2.33. The van der Waals surface area contributed by atoms with Crippen molar-refractivity contribution in [1.29, 1.82) is 0 Å². The molecule has 1 rings (SSSR count). The van der Waals surface area contributed by atoms with Gasteiger partial charge in [0.05, 0.1) is 19.6 Å². The molecule has 0 bridgehead atoms. The molecule has 0 aliphatic carbocycles. The first-order valence-electron chi connectivity index (χ1n) is 14.9. The van der Waals surface area contributed by atoms with Crippen molar-refractivity contribution in [2.24, 2.45) is 4.99 Å². The van der Waals surface area contributed by atoms with Gasteiger partial charge in [0.1, 0.15) is 13.1 Å². The minimum atomic E-state index is 0.0656. The average Bonchev–Trinajstić information content (AvgIpc) is 3.23. The molecule has 1 N–H and O–H groups in total. The van der Waals surface area contributed by atoms with Crippen molar-refractivity contribution in [1.82, 2.24) is 5.32 Å². The molecule has 0 aromatic rings. The summed E-state index contributed by atoms with van der Waals surface area (Å²) in [5.74, 6) is 1.42. The van der Waals surface area contributed by atoms with E-state index < -0.39 is 0 Å². The van der Waals surface area contributed by atoms with Gasteiger partial charge < -0.3 is 5.32 Å². The Morgan fingerprint density at radius 2 is 1.35 bits per heavy atom. The molecule has 34 heavy (non-hydrogen) atoms. The Morgan fingerprint density at radius 3 is 1.88 bits per heavy atom. The predicted octanol–water partition coefficient (Wildman–Crippen LogP) is 7.97. The topological polar surface area (TPSA) is 41.5 Å². The van der Waals surface area contributed by atoms with Crippen LogP contribution in [0, 0.1) is 0 Å². The van der Waals surface area contributed by atoms with E-state index in [-0.39, 0.29) is 5.91 Å². The first-order chi connectivity index (χ1) is 16.6. The molecule has 0 saturated heterocycles. The van der Waals surface area contributed by atoms with E-state index in [1.807, 2.05) is 0 Å². The summed E-state index contributed by atoms with van der Waals surface area (Å²) in [7, 11) is 0. The molecule has 1 atom stereocenters. The highest BCUT2D eigenvalue weighted by Gasteiger charge is 2.35. The average molecular weight is 477 g/mol. The molecule has 4 nitrogen and oxygen atoms in total. The maximum atomic E-state index is 11.2. The second-order valence-electron chi connectivity index (χ2n) is 10.4. The molecule has 1 amide bonds. The van der Waals surface area contributed by atoms with Crippen LogP contribution >= 0.6 is 0 Å². The van der Waals surface area contributed by atoms with Crippen LogP contribution < -0.4 is 5.32 Å². The summed E-state index contributed by atoms with van der Waals surface area (Å²) in [5, 5.41) is 2.96. The van der Waals surface area contributed by atoms with Crippen molar-refractivity contribution in [2.45, 2.75) is 136 Å². The van der Waals surface area contributed by atoms with Crippen molar-refractivity contribution in [3.8, 4) is 0 Å². The van der Waals surface area contributed by atoms with Crippen molar-refractivity contribution >= 4 is 11.7 Å². The number of nitrogens with one attached hydrogen (secondary N) is 1. The minimum Gasteiger partial charge on any atom is -0.351 e. The van der Waals surface area contributed by atoms with E-state index >= 15 is 0 Å². The van der Waals surface area contributed by atoms with Crippen molar-refractivity contribution in [2.75, 3.05) is 32.7 Å². The number of unbranched alkanes of at least 4 members (excludes halogenated alkanes) is 15. The molecule has 1 unspecified atom stereocenters. The first-order valence-corrected chi connectivity index (χ1v) is 14.9. The van der Waals surface area contributed by atoms with Gasteiger partial charge in [-0.3, -0.25) is 9.28 Å². The van der Waals surface area contributed by atoms with E-state index in [1.54, 1.807) is 6.92 Å². The normalized spacial score (nSPS) is 18.0. The lowest BCUT2D eigenvalue weighted by molar-refractivity contribution is -0.833. The smallest absolute Gasteiger partial charge is 0.217 e. The van der Waals surface area contributed by atoms with Crippen LogP contribution in [0.25, 0.3) is 0 Å². The van der Waals surface area contributed by atoms with E-state index in [0.717, 1.165) is 50.0 Å². The molecule has 1 heterocycles. The summed E-state index contributed by atoms with van der Waals surface area (Å²) in [6.07, 6.45) is 29.5. The van der Waals surface area contributed by atoms with E-state index in [0.29, 0.717) is 0 Å². The molecule has 0 spiro atoms. The first kappa shape index (κ1) is 30.9. The van der Waals surface area contributed by atoms with Crippen LogP contribution in [-0.4, -0.2) is 48.9 Å². The standard InChI is InChI=1S/C30H57N3O/c1-4-6-7-8-9-10-11-12-13-14-15-16-17-18-19-20-21-22-23-24-30-32-26-28-33(30,5-2)27-25-31-29(3)34/h20-21H,4-19,22-28H2,1-3H3/p+1/b21-20+. The second-order valence-corrected chi connectivity index (χ2v) is 10.4. The Labute approximate surface area is 212 Å². The third kappa shape index (κ3) is 15.0. The summed E-state index contributed by atoms with van der Waals surface area (Å²) < 4.78 is 0.975. The van der Waals surface area contributed by atoms with Crippen LogP contribution in [0.1, 0.15) is 136 Å². The van der Waals surface area contributed by atoms with Crippen molar-refractivity contribution in [3.63, 3.8) is 0 Å². The van der Waals surface area contributed by atoms with Gasteiger partial charge in [-0.2, -0.15) is 0 Å². The molecule has 0 fully saturated rings. The quantitative estimate of drug-likeness (QED) is 0.0906. The number of amides is 1. The third-order valence-corrected chi connectivity index (χ3v) is 7.55. The number of allylic oxidation sites excluding steroid dienone is 2. The van der Waals surface area contributed by atoms with Gasteiger partial charge in [0.25, 0.3) is 0 Å². The van der Waals surface area contributed by atoms with Gasteiger partial charge in [-0.1, -0.05) is 103 Å².